The Balaban J connectivity index is 1.63. The maximum atomic E-state index is 11.7. The lowest BCUT2D eigenvalue weighted by molar-refractivity contribution is -0.120. The van der Waals surface area contributed by atoms with E-state index in [9.17, 15) is 9.59 Å². The fourth-order valence-electron chi connectivity index (χ4n) is 2.80. The van der Waals surface area contributed by atoms with E-state index in [1.807, 2.05) is 23.2 Å². The summed E-state index contributed by atoms with van der Waals surface area (Å²) in [5.74, 6) is 1.09. The van der Waals surface area contributed by atoms with Crippen molar-refractivity contribution in [2.75, 3.05) is 7.05 Å². The molecule has 1 fully saturated rings. The average Bonchev–Trinajstić information content (AvgIpc) is 3.31. The maximum absolute atomic E-state index is 11.7. The Morgan fingerprint density at radius 2 is 2.22 bits per heavy atom. The number of hydrogen-bond acceptors (Lipinski definition) is 5. The molecule has 3 amide bonds. The normalized spacial score (nSPS) is 17.8. The molecule has 1 unspecified atom stereocenters. The van der Waals surface area contributed by atoms with E-state index < -0.39 is 18.0 Å². The van der Waals surface area contributed by atoms with Gasteiger partial charge in [-0.1, -0.05) is 13.8 Å². The van der Waals surface area contributed by atoms with E-state index in [1.165, 1.54) is 0 Å². The lowest BCUT2D eigenvalue weighted by atomic mass is 10.1. The summed E-state index contributed by atoms with van der Waals surface area (Å²) in [7, 11) is 1.74. The second kappa shape index (κ2) is 8.03. The summed E-state index contributed by atoms with van der Waals surface area (Å²) in [6.07, 6.45) is 8.22. The number of carbonyl (C=O) groups excluding carboxylic acids is 2. The van der Waals surface area contributed by atoms with Gasteiger partial charge in [0.2, 0.25) is 0 Å². The first-order chi connectivity index (χ1) is 12.9. The van der Waals surface area contributed by atoms with Crippen molar-refractivity contribution in [3.05, 3.63) is 47.7 Å². The van der Waals surface area contributed by atoms with Crippen molar-refractivity contribution in [3.63, 3.8) is 0 Å². The van der Waals surface area contributed by atoms with Crippen LogP contribution in [-0.4, -0.2) is 34.5 Å². The van der Waals surface area contributed by atoms with Gasteiger partial charge in [0.05, 0.1) is 6.20 Å². The summed E-state index contributed by atoms with van der Waals surface area (Å²) in [6.45, 7) is 5.19. The SMILES string of the molecule is CN=C(/C=C\c1ccc(C2NC(=O)NC2=O)o1)Cc1cnn(CC(C)C)c1. The third-order valence-electron chi connectivity index (χ3n) is 4.06. The monoisotopic (exact) mass is 369 g/mol. The highest BCUT2D eigenvalue weighted by atomic mass is 16.3. The van der Waals surface area contributed by atoms with E-state index in [-0.39, 0.29) is 0 Å². The summed E-state index contributed by atoms with van der Waals surface area (Å²) >= 11 is 0. The van der Waals surface area contributed by atoms with E-state index in [0.717, 1.165) is 17.8 Å². The number of rotatable bonds is 7. The van der Waals surface area contributed by atoms with Crippen LogP contribution in [0.4, 0.5) is 4.79 Å². The van der Waals surface area contributed by atoms with E-state index in [2.05, 4.69) is 34.6 Å². The number of carbonyl (C=O) groups is 2. The number of allylic oxidation sites excluding steroid dienone is 1. The highest BCUT2D eigenvalue weighted by Crippen LogP contribution is 2.20. The number of urea groups is 1. The van der Waals surface area contributed by atoms with Gasteiger partial charge in [-0.05, 0) is 35.8 Å². The van der Waals surface area contributed by atoms with Crippen LogP contribution in [0.2, 0.25) is 0 Å². The zero-order chi connectivity index (χ0) is 19.4. The van der Waals surface area contributed by atoms with Gasteiger partial charge in [-0.3, -0.25) is 19.8 Å². The van der Waals surface area contributed by atoms with Crippen molar-refractivity contribution in [2.45, 2.75) is 32.9 Å². The van der Waals surface area contributed by atoms with Crippen LogP contribution in [0.25, 0.3) is 6.08 Å². The Labute approximate surface area is 157 Å². The van der Waals surface area contributed by atoms with Gasteiger partial charge in [0.25, 0.3) is 5.91 Å². The number of aromatic nitrogens is 2. The standard InChI is InChI=1S/C19H23N5O3/c1-12(2)10-24-11-13(9-21-24)8-14(20-3)4-5-15-6-7-16(27-15)17-18(25)23-19(26)22-17/h4-7,9,11-12,17H,8,10H2,1-3H3,(H2,22,23,25,26)/b5-4-,20-14?. The van der Waals surface area contributed by atoms with Crippen LogP contribution in [-0.2, 0) is 17.8 Å². The van der Waals surface area contributed by atoms with E-state index in [4.69, 9.17) is 4.42 Å². The molecule has 3 heterocycles. The second-order valence-corrected chi connectivity index (χ2v) is 6.83. The van der Waals surface area contributed by atoms with Crippen LogP contribution >= 0.6 is 0 Å². The second-order valence-electron chi connectivity index (χ2n) is 6.83. The molecule has 0 aromatic carbocycles. The van der Waals surface area contributed by atoms with E-state index in [1.54, 1.807) is 25.3 Å². The molecule has 0 aliphatic carbocycles. The molecule has 0 radical (unpaired) electrons. The van der Waals surface area contributed by atoms with Gasteiger partial charge in [0.1, 0.15) is 11.5 Å². The summed E-state index contributed by atoms with van der Waals surface area (Å²) < 4.78 is 7.59. The Bertz CT molecular complexity index is 891. The topological polar surface area (TPSA) is 102 Å². The molecule has 1 atom stereocenters. The smallest absolute Gasteiger partial charge is 0.322 e. The van der Waals surface area contributed by atoms with Gasteiger partial charge in [-0.15, -0.1) is 0 Å². The van der Waals surface area contributed by atoms with Crippen molar-refractivity contribution < 1.29 is 14.0 Å². The molecular formula is C19H23N5O3. The molecule has 0 spiro atoms. The predicted molar refractivity (Wildman–Crippen MR) is 101 cm³/mol. The average molecular weight is 369 g/mol. The molecule has 1 aliphatic rings. The van der Waals surface area contributed by atoms with Gasteiger partial charge >= 0.3 is 6.03 Å². The summed E-state index contributed by atoms with van der Waals surface area (Å²) in [5, 5.41) is 9.06. The van der Waals surface area contributed by atoms with Gasteiger partial charge in [-0.25, -0.2) is 4.79 Å². The number of furan rings is 1. The molecule has 3 rings (SSSR count). The Kier molecular flexibility index (Phi) is 5.54. The Morgan fingerprint density at radius 1 is 1.41 bits per heavy atom. The fraction of sp³-hybridized carbons (Fsp3) is 0.368. The van der Waals surface area contributed by atoms with Gasteiger partial charge in [0.15, 0.2) is 6.04 Å². The van der Waals surface area contributed by atoms with Crippen molar-refractivity contribution in [2.24, 2.45) is 10.9 Å². The number of amides is 3. The molecule has 27 heavy (non-hydrogen) atoms. The minimum absolute atomic E-state index is 0.392. The molecule has 2 aromatic rings. The number of nitrogens with zero attached hydrogens (tertiary/aromatic N) is 3. The summed E-state index contributed by atoms with van der Waals surface area (Å²) in [5.41, 5.74) is 1.97. The number of hydrogen-bond donors (Lipinski definition) is 2. The number of aliphatic imine (C=N–C) groups is 1. The van der Waals surface area contributed by atoms with Crippen LogP contribution in [0.3, 0.4) is 0 Å². The highest BCUT2D eigenvalue weighted by Gasteiger charge is 2.33. The molecule has 8 nitrogen and oxygen atoms in total. The van der Waals surface area contributed by atoms with Gasteiger partial charge in [0, 0.05) is 31.9 Å². The van der Waals surface area contributed by atoms with E-state index >= 15 is 0 Å². The van der Waals surface area contributed by atoms with Crippen molar-refractivity contribution in [1.82, 2.24) is 20.4 Å². The van der Waals surface area contributed by atoms with Crippen LogP contribution in [0.5, 0.6) is 0 Å². The Morgan fingerprint density at radius 3 is 2.89 bits per heavy atom. The third kappa shape index (κ3) is 4.72. The first kappa shape index (κ1) is 18.6. The first-order valence-corrected chi connectivity index (χ1v) is 8.80. The van der Waals surface area contributed by atoms with Crippen LogP contribution in [0.15, 0.2) is 40.0 Å². The minimum atomic E-state index is -0.786. The predicted octanol–water partition coefficient (Wildman–Crippen LogP) is 2.34. The molecule has 2 N–H and O–H groups in total. The third-order valence-corrected chi connectivity index (χ3v) is 4.06. The van der Waals surface area contributed by atoms with Gasteiger partial charge in [-0.2, -0.15) is 5.10 Å². The molecule has 0 bridgehead atoms. The van der Waals surface area contributed by atoms with Crippen molar-refractivity contribution in [1.29, 1.82) is 0 Å². The number of imide groups is 1. The highest BCUT2D eigenvalue weighted by molar-refractivity contribution is 6.04. The quantitative estimate of drug-likeness (QED) is 0.578. The largest absolute Gasteiger partial charge is 0.459 e. The Hall–Kier alpha value is -3.16. The van der Waals surface area contributed by atoms with Gasteiger partial charge < -0.3 is 9.73 Å². The summed E-state index contributed by atoms with van der Waals surface area (Å²) in [6, 6.07) is 2.12. The molecule has 0 saturated carbocycles. The summed E-state index contributed by atoms with van der Waals surface area (Å²) in [4.78, 5) is 27.2. The van der Waals surface area contributed by atoms with Crippen molar-refractivity contribution in [3.8, 4) is 0 Å². The zero-order valence-corrected chi connectivity index (χ0v) is 15.6. The van der Waals surface area contributed by atoms with Crippen LogP contribution in [0, 0.1) is 5.92 Å². The number of nitrogens with one attached hydrogen (secondary N) is 2. The molecule has 142 valence electrons. The molecule has 1 saturated heterocycles. The molecule has 2 aromatic heterocycles. The minimum Gasteiger partial charge on any atom is -0.459 e. The van der Waals surface area contributed by atoms with Crippen LogP contribution < -0.4 is 10.6 Å². The van der Waals surface area contributed by atoms with Crippen molar-refractivity contribution >= 4 is 23.7 Å². The first-order valence-electron chi connectivity index (χ1n) is 8.80. The van der Waals surface area contributed by atoms with E-state index in [0.29, 0.717) is 23.9 Å². The lowest BCUT2D eigenvalue weighted by Crippen LogP contribution is -2.22. The zero-order valence-electron chi connectivity index (χ0n) is 15.6. The molecular weight excluding hydrogens is 346 g/mol. The maximum Gasteiger partial charge on any atom is 0.322 e. The lowest BCUT2D eigenvalue weighted by Gasteiger charge is -2.03. The molecule has 8 heteroatoms. The fourth-order valence-corrected chi connectivity index (χ4v) is 2.80. The molecule has 1 aliphatic heterocycles. The van der Waals surface area contributed by atoms with Crippen LogP contribution in [0.1, 0.15) is 37.0 Å².